The highest BCUT2D eigenvalue weighted by Crippen LogP contribution is 2.22. The molecule has 0 radical (unpaired) electrons. The Hall–Kier alpha value is -0.830. The SMILES string of the molecule is C=C(C(=O)OC(C)(C)C)C1CCNCC1. The monoisotopic (exact) mass is 211 g/mol. The molecule has 1 aliphatic heterocycles. The van der Waals surface area contributed by atoms with Crippen molar-refractivity contribution in [2.75, 3.05) is 13.1 Å². The van der Waals surface area contributed by atoms with Crippen molar-refractivity contribution in [3.05, 3.63) is 12.2 Å². The van der Waals surface area contributed by atoms with Crippen LogP contribution in [0.5, 0.6) is 0 Å². The van der Waals surface area contributed by atoms with Crippen molar-refractivity contribution in [1.82, 2.24) is 5.32 Å². The molecule has 15 heavy (non-hydrogen) atoms. The highest BCUT2D eigenvalue weighted by Gasteiger charge is 2.25. The summed E-state index contributed by atoms with van der Waals surface area (Å²) in [4.78, 5) is 11.7. The second-order valence-electron chi connectivity index (χ2n) is 5.05. The van der Waals surface area contributed by atoms with Crippen LogP contribution in [0.1, 0.15) is 33.6 Å². The summed E-state index contributed by atoms with van der Waals surface area (Å²) in [7, 11) is 0. The Morgan fingerprint density at radius 2 is 1.87 bits per heavy atom. The third-order valence-corrected chi connectivity index (χ3v) is 2.49. The first-order chi connectivity index (χ1) is 6.90. The second-order valence-corrected chi connectivity index (χ2v) is 5.05. The van der Waals surface area contributed by atoms with E-state index in [2.05, 4.69) is 11.9 Å². The zero-order valence-electron chi connectivity index (χ0n) is 9.93. The van der Waals surface area contributed by atoms with Crippen molar-refractivity contribution in [1.29, 1.82) is 0 Å². The van der Waals surface area contributed by atoms with Crippen LogP contribution in [0.25, 0.3) is 0 Å². The summed E-state index contributed by atoms with van der Waals surface area (Å²) in [5.41, 5.74) is 0.207. The van der Waals surface area contributed by atoms with Crippen LogP contribution in [0.4, 0.5) is 0 Å². The smallest absolute Gasteiger partial charge is 0.334 e. The largest absolute Gasteiger partial charge is 0.457 e. The molecule has 1 heterocycles. The molecule has 0 bridgehead atoms. The highest BCUT2D eigenvalue weighted by molar-refractivity contribution is 5.88. The molecule has 0 aromatic carbocycles. The summed E-state index contributed by atoms with van der Waals surface area (Å²) in [5.74, 6) is 0.0514. The first kappa shape index (κ1) is 12.2. The molecule has 3 heteroatoms. The molecule has 0 unspecified atom stereocenters. The predicted molar refractivity (Wildman–Crippen MR) is 60.6 cm³/mol. The van der Waals surface area contributed by atoms with Gasteiger partial charge in [-0.2, -0.15) is 0 Å². The van der Waals surface area contributed by atoms with Crippen molar-refractivity contribution < 1.29 is 9.53 Å². The van der Waals surface area contributed by atoms with Crippen LogP contribution in [0.3, 0.4) is 0 Å². The molecule has 1 N–H and O–H groups in total. The van der Waals surface area contributed by atoms with Crippen LogP contribution in [-0.2, 0) is 9.53 Å². The van der Waals surface area contributed by atoms with E-state index in [0.717, 1.165) is 25.9 Å². The minimum atomic E-state index is -0.424. The molecule has 0 amide bonds. The minimum absolute atomic E-state index is 0.241. The molecule has 1 fully saturated rings. The lowest BCUT2D eigenvalue weighted by molar-refractivity contribution is -0.150. The van der Waals surface area contributed by atoms with Gasteiger partial charge in [-0.25, -0.2) is 4.79 Å². The molecule has 0 aromatic rings. The first-order valence-electron chi connectivity index (χ1n) is 5.53. The predicted octanol–water partition coefficient (Wildman–Crippen LogP) is 1.88. The van der Waals surface area contributed by atoms with E-state index in [9.17, 15) is 4.79 Å². The summed E-state index contributed by atoms with van der Waals surface area (Å²) >= 11 is 0. The van der Waals surface area contributed by atoms with Gasteiger partial charge in [-0.15, -0.1) is 0 Å². The van der Waals surface area contributed by atoms with Crippen LogP contribution >= 0.6 is 0 Å². The third-order valence-electron chi connectivity index (χ3n) is 2.49. The summed E-state index contributed by atoms with van der Waals surface area (Å²) in [6.45, 7) is 11.4. The third kappa shape index (κ3) is 4.04. The number of hydrogen-bond acceptors (Lipinski definition) is 3. The molecule has 0 spiro atoms. The number of piperidine rings is 1. The van der Waals surface area contributed by atoms with Gasteiger partial charge < -0.3 is 10.1 Å². The standard InChI is InChI=1S/C12H21NO2/c1-9(10-5-7-13-8-6-10)11(14)15-12(2,3)4/h10,13H,1,5-8H2,2-4H3. The normalized spacial score (nSPS) is 18.6. The van der Waals surface area contributed by atoms with Crippen molar-refractivity contribution in [2.24, 2.45) is 5.92 Å². The Morgan fingerprint density at radius 1 is 1.33 bits per heavy atom. The van der Waals surface area contributed by atoms with Gasteiger partial charge in [0.05, 0.1) is 0 Å². The topological polar surface area (TPSA) is 38.3 Å². The Balaban J connectivity index is 2.48. The minimum Gasteiger partial charge on any atom is -0.457 e. The fraction of sp³-hybridized carbons (Fsp3) is 0.750. The fourth-order valence-corrected chi connectivity index (χ4v) is 1.68. The summed E-state index contributed by atoms with van der Waals surface area (Å²) in [6, 6.07) is 0. The molecular formula is C12H21NO2. The number of esters is 1. The van der Waals surface area contributed by atoms with Gasteiger partial charge in [0, 0.05) is 5.57 Å². The van der Waals surface area contributed by atoms with Crippen LogP contribution in [0, 0.1) is 5.92 Å². The number of carbonyl (C=O) groups excluding carboxylic acids is 1. The zero-order valence-corrected chi connectivity index (χ0v) is 9.93. The number of ether oxygens (including phenoxy) is 1. The van der Waals surface area contributed by atoms with Crippen molar-refractivity contribution in [3.63, 3.8) is 0 Å². The summed E-state index contributed by atoms with van der Waals surface area (Å²) < 4.78 is 5.29. The Bertz CT molecular complexity index is 247. The first-order valence-corrected chi connectivity index (χ1v) is 5.53. The van der Waals surface area contributed by atoms with Gasteiger partial charge in [0.25, 0.3) is 0 Å². The van der Waals surface area contributed by atoms with E-state index in [4.69, 9.17) is 4.74 Å². The molecule has 1 rings (SSSR count). The maximum absolute atomic E-state index is 11.7. The van der Waals surface area contributed by atoms with Crippen molar-refractivity contribution >= 4 is 5.97 Å². The van der Waals surface area contributed by atoms with Gasteiger partial charge in [0.15, 0.2) is 0 Å². The molecule has 1 aliphatic rings. The summed E-state index contributed by atoms with van der Waals surface area (Å²) in [5, 5.41) is 3.26. The van der Waals surface area contributed by atoms with Crippen LogP contribution < -0.4 is 5.32 Å². The van der Waals surface area contributed by atoms with E-state index in [1.807, 2.05) is 20.8 Å². The molecule has 1 saturated heterocycles. The number of rotatable bonds is 2. The van der Waals surface area contributed by atoms with Gasteiger partial charge in [-0.05, 0) is 52.6 Å². The lowest BCUT2D eigenvalue weighted by Gasteiger charge is -2.26. The van der Waals surface area contributed by atoms with E-state index in [-0.39, 0.29) is 5.97 Å². The molecule has 86 valence electrons. The lowest BCUT2D eigenvalue weighted by atomic mass is 9.91. The van der Waals surface area contributed by atoms with Crippen molar-refractivity contribution in [3.8, 4) is 0 Å². The van der Waals surface area contributed by atoms with Gasteiger partial charge in [-0.3, -0.25) is 0 Å². The van der Waals surface area contributed by atoms with Gasteiger partial charge >= 0.3 is 5.97 Å². The maximum Gasteiger partial charge on any atom is 0.334 e. The van der Waals surface area contributed by atoms with Gasteiger partial charge in [-0.1, -0.05) is 6.58 Å². The van der Waals surface area contributed by atoms with E-state index in [0.29, 0.717) is 11.5 Å². The molecule has 0 aromatic heterocycles. The molecule has 3 nitrogen and oxygen atoms in total. The van der Waals surface area contributed by atoms with E-state index < -0.39 is 5.60 Å². The van der Waals surface area contributed by atoms with E-state index >= 15 is 0 Å². The Kier molecular flexibility index (Phi) is 3.91. The molecular weight excluding hydrogens is 190 g/mol. The van der Waals surface area contributed by atoms with Crippen LogP contribution in [0.15, 0.2) is 12.2 Å². The lowest BCUT2D eigenvalue weighted by Crippen LogP contribution is -2.32. The number of carbonyl (C=O) groups is 1. The average Bonchev–Trinajstić information content (AvgIpc) is 2.15. The Labute approximate surface area is 91.9 Å². The maximum atomic E-state index is 11.7. The van der Waals surface area contributed by atoms with E-state index in [1.165, 1.54) is 0 Å². The second kappa shape index (κ2) is 4.79. The quantitative estimate of drug-likeness (QED) is 0.560. The molecule has 0 aliphatic carbocycles. The van der Waals surface area contributed by atoms with Gasteiger partial charge in [0.1, 0.15) is 5.60 Å². The number of nitrogens with one attached hydrogen (secondary N) is 1. The van der Waals surface area contributed by atoms with Gasteiger partial charge in [0.2, 0.25) is 0 Å². The molecule has 0 atom stereocenters. The van der Waals surface area contributed by atoms with Crippen LogP contribution in [-0.4, -0.2) is 24.7 Å². The van der Waals surface area contributed by atoms with E-state index in [1.54, 1.807) is 0 Å². The van der Waals surface area contributed by atoms with Crippen molar-refractivity contribution in [2.45, 2.75) is 39.2 Å². The fourth-order valence-electron chi connectivity index (χ4n) is 1.68. The summed E-state index contributed by atoms with van der Waals surface area (Å²) in [6.07, 6.45) is 1.97. The molecule has 0 saturated carbocycles. The average molecular weight is 211 g/mol. The Morgan fingerprint density at radius 3 is 2.33 bits per heavy atom. The highest BCUT2D eigenvalue weighted by atomic mass is 16.6. The van der Waals surface area contributed by atoms with Crippen LogP contribution in [0.2, 0.25) is 0 Å². The zero-order chi connectivity index (χ0) is 11.5. The number of hydrogen-bond donors (Lipinski definition) is 1.